The van der Waals surface area contributed by atoms with Gasteiger partial charge in [0.15, 0.2) is 0 Å². The lowest BCUT2D eigenvalue weighted by atomic mass is 10.0. The average Bonchev–Trinajstić information content (AvgIpc) is 1.60. The molecule has 0 aliphatic carbocycles. The van der Waals surface area contributed by atoms with Crippen molar-refractivity contribution in [3.63, 3.8) is 0 Å². The monoisotopic (exact) mass is 163 g/mol. The zero-order chi connectivity index (χ0) is 8.36. The van der Waals surface area contributed by atoms with Crippen LogP contribution in [0, 0.1) is 0 Å². The second kappa shape index (κ2) is 3.25. The third-order valence-corrected chi connectivity index (χ3v) is 1.50. The fourth-order valence-corrected chi connectivity index (χ4v) is 1.02. The molecule has 0 radical (unpaired) electrons. The van der Waals surface area contributed by atoms with Crippen LogP contribution < -0.4 is 5.32 Å². The maximum atomic E-state index is 10.5. The van der Waals surface area contributed by atoms with Crippen molar-refractivity contribution in [1.82, 2.24) is 5.32 Å². The molecule has 1 unspecified atom stereocenters. The lowest BCUT2D eigenvalue weighted by Crippen LogP contribution is -2.47. The number of aliphatic carboxylic acids is 1. The SMILES string of the molecule is CNC(C(=O)O)C(C)(C)S. The predicted molar refractivity (Wildman–Crippen MR) is 43.5 cm³/mol. The van der Waals surface area contributed by atoms with Crippen molar-refractivity contribution in [3.8, 4) is 0 Å². The summed E-state index contributed by atoms with van der Waals surface area (Å²) in [6.07, 6.45) is 0. The van der Waals surface area contributed by atoms with Gasteiger partial charge in [-0.1, -0.05) is 0 Å². The van der Waals surface area contributed by atoms with Crippen LogP contribution in [0.3, 0.4) is 0 Å². The maximum absolute atomic E-state index is 10.5. The first-order valence-corrected chi connectivity index (χ1v) is 3.46. The Hall–Kier alpha value is -0.220. The Morgan fingerprint density at radius 1 is 1.70 bits per heavy atom. The number of hydrogen-bond donors (Lipinski definition) is 3. The summed E-state index contributed by atoms with van der Waals surface area (Å²) >= 11 is 4.13. The van der Waals surface area contributed by atoms with E-state index in [-0.39, 0.29) is 0 Å². The van der Waals surface area contributed by atoms with Crippen LogP contribution in [0.4, 0.5) is 0 Å². The summed E-state index contributed by atoms with van der Waals surface area (Å²) in [4.78, 5) is 10.5. The maximum Gasteiger partial charge on any atom is 0.322 e. The quantitative estimate of drug-likeness (QED) is 0.527. The molecule has 0 rings (SSSR count). The van der Waals surface area contributed by atoms with Gasteiger partial charge in [-0.15, -0.1) is 0 Å². The molecule has 10 heavy (non-hydrogen) atoms. The third kappa shape index (κ3) is 2.58. The van der Waals surface area contributed by atoms with Crippen LogP contribution in [0.25, 0.3) is 0 Å². The van der Waals surface area contributed by atoms with Crippen molar-refractivity contribution in [2.45, 2.75) is 24.6 Å². The molecule has 0 bridgehead atoms. The Labute approximate surface area is 66.2 Å². The molecular weight excluding hydrogens is 150 g/mol. The number of carboxylic acid groups (broad SMARTS) is 1. The Morgan fingerprint density at radius 2 is 2.10 bits per heavy atom. The van der Waals surface area contributed by atoms with E-state index in [0.717, 1.165) is 0 Å². The van der Waals surface area contributed by atoms with Crippen LogP contribution >= 0.6 is 12.6 Å². The molecule has 0 aliphatic rings. The first-order chi connectivity index (χ1) is 4.39. The molecule has 0 aromatic carbocycles. The first-order valence-electron chi connectivity index (χ1n) is 3.02. The Kier molecular flexibility index (Phi) is 3.18. The molecule has 0 amide bonds. The minimum atomic E-state index is -0.873. The highest BCUT2D eigenvalue weighted by molar-refractivity contribution is 7.81. The van der Waals surface area contributed by atoms with Crippen LogP contribution in [-0.4, -0.2) is 28.9 Å². The van der Waals surface area contributed by atoms with E-state index in [1.165, 1.54) is 0 Å². The highest BCUT2D eigenvalue weighted by Crippen LogP contribution is 2.16. The summed E-state index contributed by atoms with van der Waals surface area (Å²) in [6, 6.07) is -0.601. The summed E-state index contributed by atoms with van der Waals surface area (Å²) in [5.74, 6) is -0.873. The van der Waals surface area contributed by atoms with Gasteiger partial charge in [0.05, 0.1) is 0 Å². The van der Waals surface area contributed by atoms with Crippen molar-refractivity contribution in [3.05, 3.63) is 0 Å². The number of thiol groups is 1. The second-order valence-corrected chi connectivity index (χ2v) is 3.87. The van der Waals surface area contributed by atoms with Crippen LogP contribution in [0.1, 0.15) is 13.8 Å². The fraction of sp³-hybridized carbons (Fsp3) is 0.833. The molecule has 3 nitrogen and oxygen atoms in total. The molecule has 0 aromatic heterocycles. The van der Waals surface area contributed by atoms with Gasteiger partial charge in [-0.25, -0.2) is 0 Å². The summed E-state index contributed by atoms with van der Waals surface area (Å²) in [6.45, 7) is 3.51. The molecular formula is C6H13NO2S. The number of likely N-dealkylation sites (N-methyl/N-ethyl adjacent to an activating group) is 1. The summed E-state index contributed by atoms with van der Waals surface area (Å²) in [5.41, 5.74) is 0. The average molecular weight is 163 g/mol. The molecule has 0 heterocycles. The second-order valence-electron chi connectivity index (χ2n) is 2.71. The molecule has 4 heteroatoms. The summed E-state index contributed by atoms with van der Waals surface area (Å²) < 4.78 is -0.527. The topological polar surface area (TPSA) is 49.3 Å². The van der Waals surface area contributed by atoms with Gasteiger partial charge >= 0.3 is 5.97 Å². The smallest absolute Gasteiger partial charge is 0.322 e. The summed E-state index contributed by atoms with van der Waals surface area (Å²) in [7, 11) is 1.61. The van der Waals surface area contributed by atoms with Gasteiger partial charge < -0.3 is 10.4 Å². The highest BCUT2D eigenvalue weighted by Gasteiger charge is 2.30. The molecule has 0 saturated carbocycles. The van der Waals surface area contributed by atoms with Crippen LogP contribution in [0.5, 0.6) is 0 Å². The standard InChI is InChI=1S/C6H13NO2S/c1-6(2,10)4(7-3)5(8)9/h4,7,10H,1-3H3,(H,8,9). The minimum absolute atomic E-state index is 0.527. The molecule has 60 valence electrons. The molecule has 0 aromatic rings. The number of hydrogen-bond acceptors (Lipinski definition) is 3. The Balaban J connectivity index is 4.22. The van der Waals surface area contributed by atoms with Gasteiger partial charge in [-0.2, -0.15) is 12.6 Å². The van der Waals surface area contributed by atoms with Crippen molar-refractivity contribution in [2.75, 3.05) is 7.05 Å². The van der Waals surface area contributed by atoms with Gasteiger partial charge in [0.1, 0.15) is 6.04 Å². The van der Waals surface area contributed by atoms with Gasteiger partial charge in [0.25, 0.3) is 0 Å². The van der Waals surface area contributed by atoms with Crippen LogP contribution in [0.15, 0.2) is 0 Å². The van der Waals surface area contributed by atoms with Crippen molar-refractivity contribution in [2.24, 2.45) is 0 Å². The molecule has 0 fully saturated rings. The van der Waals surface area contributed by atoms with Gasteiger partial charge in [0.2, 0.25) is 0 Å². The van der Waals surface area contributed by atoms with Crippen LogP contribution in [-0.2, 0) is 4.79 Å². The fourth-order valence-electron chi connectivity index (χ4n) is 0.779. The normalized spacial score (nSPS) is 14.8. The van der Waals surface area contributed by atoms with E-state index in [4.69, 9.17) is 5.11 Å². The van der Waals surface area contributed by atoms with Crippen LogP contribution in [0.2, 0.25) is 0 Å². The van der Waals surface area contributed by atoms with E-state index in [9.17, 15) is 4.79 Å². The third-order valence-electron chi connectivity index (χ3n) is 1.24. The number of rotatable bonds is 3. The van der Waals surface area contributed by atoms with Gasteiger partial charge in [-0.05, 0) is 20.9 Å². The Morgan fingerprint density at radius 3 is 2.10 bits per heavy atom. The molecule has 0 saturated heterocycles. The largest absolute Gasteiger partial charge is 0.480 e. The lowest BCUT2D eigenvalue weighted by Gasteiger charge is -2.25. The lowest BCUT2D eigenvalue weighted by molar-refractivity contribution is -0.139. The molecule has 2 N–H and O–H groups in total. The van der Waals surface area contributed by atoms with E-state index in [0.29, 0.717) is 0 Å². The van der Waals surface area contributed by atoms with Gasteiger partial charge in [0, 0.05) is 4.75 Å². The van der Waals surface area contributed by atoms with E-state index < -0.39 is 16.8 Å². The van der Waals surface area contributed by atoms with Crippen molar-refractivity contribution < 1.29 is 9.90 Å². The van der Waals surface area contributed by atoms with Crippen molar-refractivity contribution in [1.29, 1.82) is 0 Å². The minimum Gasteiger partial charge on any atom is -0.480 e. The summed E-state index contributed by atoms with van der Waals surface area (Å²) in [5, 5.41) is 11.3. The van der Waals surface area contributed by atoms with E-state index in [1.807, 2.05) is 0 Å². The zero-order valence-corrected chi connectivity index (χ0v) is 7.27. The Bertz CT molecular complexity index is 130. The number of nitrogens with one attached hydrogen (secondary N) is 1. The van der Waals surface area contributed by atoms with E-state index in [1.54, 1.807) is 20.9 Å². The molecule has 1 atom stereocenters. The van der Waals surface area contributed by atoms with E-state index >= 15 is 0 Å². The first kappa shape index (κ1) is 9.78. The highest BCUT2D eigenvalue weighted by atomic mass is 32.1. The van der Waals surface area contributed by atoms with Crippen molar-refractivity contribution >= 4 is 18.6 Å². The predicted octanol–water partition coefficient (Wildman–Crippen LogP) is 0.367. The van der Waals surface area contributed by atoms with Gasteiger partial charge in [-0.3, -0.25) is 4.79 Å². The number of carbonyl (C=O) groups is 1. The zero-order valence-electron chi connectivity index (χ0n) is 6.38. The van der Waals surface area contributed by atoms with E-state index in [2.05, 4.69) is 17.9 Å². The molecule has 0 aliphatic heterocycles. The molecule has 0 spiro atoms. The number of carboxylic acids is 1.